The molecule has 0 aliphatic carbocycles. The van der Waals surface area contributed by atoms with Crippen LogP contribution in [0.3, 0.4) is 0 Å². The molecule has 0 aromatic heterocycles. The molecule has 1 saturated heterocycles. The number of rotatable bonds is 2. The van der Waals surface area contributed by atoms with Crippen molar-refractivity contribution in [1.82, 2.24) is 4.90 Å². The zero-order valence-electron chi connectivity index (χ0n) is 7.75. The Balaban J connectivity index is 2.59. The van der Waals surface area contributed by atoms with Gasteiger partial charge in [-0.15, -0.1) is 0 Å². The summed E-state index contributed by atoms with van der Waals surface area (Å²) in [4.78, 5) is 2.17. The van der Waals surface area contributed by atoms with E-state index in [1.165, 1.54) is 0 Å². The van der Waals surface area contributed by atoms with Gasteiger partial charge in [0.25, 0.3) is 0 Å². The summed E-state index contributed by atoms with van der Waals surface area (Å²) < 4.78 is 0. The second kappa shape index (κ2) is 3.42. The van der Waals surface area contributed by atoms with Crippen LogP contribution in [0.1, 0.15) is 20.3 Å². The lowest BCUT2D eigenvalue weighted by Crippen LogP contribution is -2.38. The molecular formula is C9H16N2O. The number of nitriles is 1. The molecule has 1 aliphatic heterocycles. The quantitative estimate of drug-likeness (QED) is 0.657. The van der Waals surface area contributed by atoms with Crippen molar-refractivity contribution in [3.63, 3.8) is 0 Å². The van der Waals surface area contributed by atoms with E-state index in [0.717, 1.165) is 19.5 Å². The van der Waals surface area contributed by atoms with Gasteiger partial charge in [0.05, 0.1) is 17.6 Å². The maximum Gasteiger partial charge on any atom is 0.0940 e. The molecule has 2 unspecified atom stereocenters. The third-order valence-corrected chi connectivity index (χ3v) is 2.81. The van der Waals surface area contributed by atoms with Gasteiger partial charge in [-0.3, -0.25) is 0 Å². The Morgan fingerprint density at radius 2 is 2.42 bits per heavy atom. The Morgan fingerprint density at radius 1 is 1.75 bits per heavy atom. The minimum atomic E-state index is -0.759. The van der Waals surface area contributed by atoms with Crippen LogP contribution in [0.15, 0.2) is 0 Å². The fourth-order valence-electron chi connectivity index (χ4n) is 1.64. The fourth-order valence-corrected chi connectivity index (χ4v) is 1.64. The summed E-state index contributed by atoms with van der Waals surface area (Å²) in [5.74, 6) is -0.256. The molecule has 0 amide bonds. The second-order valence-corrected chi connectivity index (χ2v) is 3.57. The smallest absolute Gasteiger partial charge is 0.0940 e. The molecule has 0 radical (unpaired) electrons. The van der Waals surface area contributed by atoms with Crippen LogP contribution in [0.2, 0.25) is 0 Å². The summed E-state index contributed by atoms with van der Waals surface area (Å²) in [7, 11) is 0. The van der Waals surface area contributed by atoms with Crippen LogP contribution in [0.5, 0.6) is 0 Å². The summed E-state index contributed by atoms with van der Waals surface area (Å²) in [6, 6.07) is 2.12. The Labute approximate surface area is 73.6 Å². The zero-order chi connectivity index (χ0) is 9.19. The summed E-state index contributed by atoms with van der Waals surface area (Å²) in [5.41, 5.74) is -0.759. The monoisotopic (exact) mass is 168 g/mol. The van der Waals surface area contributed by atoms with E-state index in [9.17, 15) is 5.11 Å². The molecule has 1 fully saturated rings. The highest BCUT2D eigenvalue weighted by Gasteiger charge is 2.40. The lowest BCUT2D eigenvalue weighted by atomic mass is 9.89. The number of aliphatic hydroxyl groups is 1. The van der Waals surface area contributed by atoms with E-state index < -0.39 is 5.60 Å². The molecule has 0 aromatic rings. The number of likely N-dealkylation sites (tertiary alicyclic amines) is 1. The maximum atomic E-state index is 10.00. The highest BCUT2D eigenvalue weighted by molar-refractivity contribution is 5.01. The van der Waals surface area contributed by atoms with Crippen LogP contribution in [0.4, 0.5) is 0 Å². The van der Waals surface area contributed by atoms with Gasteiger partial charge in [-0.1, -0.05) is 6.92 Å². The topological polar surface area (TPSA) is 47.3 Å². The lowest BCUT2D eigenvalue weighted by molar-refractivity contribution is 0.0185. The van der Waals surface area contributed by atoms with E-state index >= 15 is 0 Å². The summed E-state index contributed by atoms with van der Waals surface area (Å²) in [5, 5.41) is 18.7. The van der Waals surface area contributed by atoms with E-state index in [1.807, 2.05) is 0 Å². The van der Waals surface area contributed by atoms with E-state index in [0.29, 0.717) is 6.54 Å². The lowest BCUT2D eigenvalue weighted by Gasteiger charge is -2.25. The minimum Gasteiger partial charge on any atom is -0.387 e. The predicted octanol–water partition coefficient (Wildman–Crippen LogP) is 0.603. The number of nitrogens with zero attached hydrogens (tertiary/aromatic N) is 2. The average molecular weight is 168 g/mol. The molecule has 1 aliphatic rings. The Hall–Kier alpha value is -0.590. The van der Waals surface area contributed by atoms with Crippen LogP contribution < -0.4 is 0 Å². The molecule has 12 heavy (non-hydrogen) atoms. The second-order valence-electron chi connectivity index (χ2n) is 3.57. The van der Waals surface area contributed by atoms with E-state index in [2.05, 4.69) is 17.9 Å². The van der Waals surface area contributed by atoms with E-state index in [-0.39, 0.29) is 5.92 Å². The zero-order valence-corrected chi connectivity index (χ0v) is 7.75. The van der Waals surface area contributed by atoms with Gasteiger partial charge in [0, 0.05) is 13.1 Å². The van der Waals surface area contributed by atoms with Gasteiger partial charge in [-0.2, -0.15) is 5.26 Å². The standard InChI is InChI=1S/C9H16N2O/c1-3-11-5-4-9(12,7-11)8(2)6-10/h8,12H,3-5,7H2,1-2H3. The SMILES string of the molecule is CCN1CCC(O)(C(C)C#N)C1. The first-order chi connectivity index (χ1) is 5.62. The summed E-state index contributed by atoms with van der Waals surface area (Å²) in [6.07, 6.45) is 0.732. The molecule has 2 atom stereocenters. The summed E-state index contributed by atoms with van der Waals surface area (Å²) in [6.45, 7) is 6.39. The molecule has 0 saturated carbocycles. The molecule has 1 N–H and O–H groups in total. The predicted molar refractivity (Wildman–Crippen MR) is 46.5 cm³/mol. The van der Waals surface area contributed by atoms with Gasteiger partial charge in [-0.25, -0.2) is 0 Å². The van der Waals surface area contributed by atoms with Crippen molar-refractivity contribution in [2.45, 2.75) is 25.9 Å². The van der Waals surface area contributed by atoms with Crippen molar-refractivity contribution < 1.29 is 5.11 Å². The molecule has 3 heteroatoms. The highest BCUT2D eigenvalue weighted by Crippen LogP contribution is 2.28. The van der Waals surface area contributed by atoms with Crippen molar-refractivity contribution in [3.8, 4) is 6.07 Å². The van der Waals surface area contributed by atoms with Gasteiger partial charge in [0.2, 0.25) is 0 Å². The highest BCUT2D eigenvalue weighted by atomic mass is 16.3. The number of likely N-dealkylation sites (N-methyl/N-ethyl adjacent to an activating group) is 1. The largest absolute Gasteiger partial charge is 0.387 e. The number of hydrogen-bond acceptors (Lipinski definition) is 3. The molecule has 68 valence electrons. The first-order valence-corrected chi connectivity index (χ1v) is 4.46. The Morgan fingerprint density at radius 3 is 2.83 bits per heavy atom. The normalized spacial score (nSPS) is 33.2. The summed E-state index contributed by atoms with van der Waals surface area (Å²) >= 11 is 0. The van der Waals surface area contributed by atoms with Gasteiger partial charge in [-0.05, 0) is 19.9 Å². The van der Waals surface area contributed by atoms with E-state index in [1.54, 1.807) is 6.92 Å². The first kappa shape index (κ1) is 9.50. The number of hydrogen-bond donors (Lipinski definition) is 1. The van der Waals surface area contributed by atoms with Crippen molar-refractivity contribution in [2.75, 3.05) is 19.6 Å². The molecule has 3 nitrogen and oxygen atoms in total. The fraction of sp³-hybridized carbons (Fsp3) is 0.889. The van der Waals surface area contributed by atoms with Crippen LogP contribution in [-0.2, 0) is 0 Å². The third kappa shape index (κ3) is 1.60. The molecule has 0 bridgehead atoms. The van der Waals surface area contributed by atoms with E-state index in [4.69, 9.17) is 5.26 Å². The average Bonchev–Trinajstić information content (AvgIpc) is 2.47. The Bertz CT molecular complexity index is 199. The van der Waals surface area contributed by atoms with Gasteiger partial charge >= 0.3 is 0 Å². The molecule has 0 spiro atoms. The van der Waals surface area contributed by atoms with Gasteiger partial charge in [0.1, 0.15) is 0 Å². The number of β-amino-alcohol motifs (C(OH)–C–C–N with tert-alkyl or cyclic N) is 1. The minimum absolute atomic E-state index is 0.256. The maximum absolute atomic E-state index is 10.00. The molecule has 1 heterocycles. The Kier molecular flexibility index (Phi) is 2.71. The van der Waals surface area contributed by atoms with Gasteiger partial charge < -0.3 is 10.0 Å². The van der Waals surface area contributed by atoms with Crippen molar-refractivity contribution in [3.05, 3.63) is 0 Å². The molecule has 0 aromatic carbocycles. The van der Waals surface area contributed by atoms with Crippen LogP contribution in [0.25, 0.3) is 0 Å². The van der Waals surface area contributed by atoms with Crippen LogP contribution in [-0.4, -0.2) is 35.2 Å². The van der Waals surface area contributed by atoms with Crippen molar-refractivity contribution in [2.24, 2.45) is 5.92 Å². The first-order valence-electron chi connectivity index (χ1n) is 4.46. The van der Waals surface area contributed by atoms with Crippen LogP contribution >= 0.6 is 0 Å². The molecule has 1 rings (SSSR count). The van der Waals surface area contributed by atoms with Gasteiger partial charge in [0.15, 0.2) is 0 Å². The van der Waals surface area contributed by atoms with Crippen LogP contribution in [0, 0.1) is 17.2 Å². The van der Waals surface area contributed by atoms with Crippen molar-refractivity contribution in [1.29, 1.82) is 5.26 Å². The molecular weight excluding hydrogens is 152 g/mol. The third-order valence-electron chi connectivity index (χ3n) is 2.81. The van der Waals surface area contributed by atoms with Crippen molar-refractivity contribution >= 4 is 0 Å².